The number of nitrogens with one attached hydrogen (secondary N) is 2. The van der Waals surface area contributed by atoms with Crippen LogP contribution in [0.2, 0.25) is 0 Å². The molecule has 5 nitrogen and oxygen atoms in total. The topological polar surface area (TPSA) is 74.8 Å². The molecule has 0 saturated heterocycles. The van der Waals surface area contributed by atoms with Crippen LogP contribution in [0.5, 0.6) is 0 Å². The Labute approximate surface area is 140 Å². The molecular weight excluding hydrogens is 330 g/mol. The Kier molecular flexibility index (Phi) is 4.68. The van der Waals surface area contributed by atoms with Crippen LogP contribution in [0.15, 0.2) is 48.0 Å². The average molecular weight is 345 g/mol. The third-order valence-electron chi connectivity index (χ3n) is 3.16. The van der Waals surface area contributed by atoms with Gasteiger partial charge in [-0.05, 0) is 29.8 Å². The Hall–Kier alpha value is -2.25. The number of carbonyl (C=O) groups excluding carboxylic acids is 1. The van der Waals surface area contributed by atoms with Crippen LogP contribution in [0, 0.1) is 0 Å². The van der Waals surface area contributed by atoms with Gasteiger partial charge in [0.15, 0.2) is 5.13 Å². The molecule has 0 spiro atoms. The van der Waals surface area contributed by atoms with Crippen molar-refractivity contribution >= 4 is 33.2 Å². The zero-order chi connectivity index (χ0) is 16.2. The van der Waals surface area contributed by atoms with E-state index in [9.17, 15) is 9.00 Å². The molecule has 2 N–H and O–H groups in total. The van der Waals surface area contributed by atoms with Gasteiger partial charge < -0.3 is 4.98 Å². The first-order valence-electron chi connectivity index (χ1n) is 6.91. The molecule has 23 heavy (non-hydrogen) atoms. The van der Waals surface area contributed by atoms with Crippen LogP contribution in [0.1, 0.15) is 15.9 Å². The number of anilines is 1. The number of carbonyl (C=O) groups is 1. The van der Waals surface area contributed by atoms with Crippen molar-refractivity contribution in [2.45, 2.75) is 5.75 Å². The summed E-state index contributed by atoms with van der Waals surface area (Å²) in [4.78, 5) is 19.8. The number of hydrogen-bond acceptors (Lipinski definition) is 4. The summed E-state index contributed by atoms with van der Waals surface area (Å²) >= 11 is 1.37. The van der Waals surface area contributed by atoms with Crippen LogP contribution in [-0.2, 0) is 16.6 Å². The summed E-state index contributed by atoms with van der Waals surface area (Å²) in [6.07, 6.45) is 3.47. The summed E-state index contributed by atoms with van der Waals surface area (Å²) in [6.45, 7) is 0. The van der Waals surface area contributed by atoms with E-state index in [2.05, 4.69) is 15.3 Å². The molecule has 0 radical (unpaired) electrons. The molecule has 7 heteroatoms. The number of hydrogen-bond donors (Lipinski definition) is 2. The highest BCUT2D eigenvalue weighted by molar-refractivity contribution is 7.83. The quantitative estimate of drug-likeness (QED) is 0.745. The Morgan fingerprint density at radius 2 is 2.22 bits per heavy atom. The normalized spacial score (nSPS) is 12.0. The van der Waals surface area contributed by atoms with Crippen molar-refractivity contribution in [3.63, 3.8) is 0 Å². The third-order valence-corrected chi connectivity index (χ3v) is 4.66. The van der Waals surface area contributed by atoms with Crippen molar-refractivity contribution in [1.29, 1.82) is 0 Å². The smallest absolute Gasteiger partial charge is 0.257 e. The van der Waals surface area contributed by atoms with Crippen molar-refractivity contribution in [2.75, 3.05) is 11.6 Å². The molecule has 1 amide bonds. The molecule has 2 heterocycles. The highest BCUT2D eigenvalue weighted by Crippen LogP contribution is 2.24. The molecule has 0 fully saturated rings. The molecule has 2 aromatic heterocycles. The van der Waals surface area contributed by atoms with E-state index in [1.165, 1.54) is 11.3 Å². The molecule has 0 unspecified atom stereocenters. The number of thiazole rings is 1. The predicted octanol–water partition coefficient (Wildman–Crippen LogP) is 3.27. The van der Waals surface area contributed by atoms with Gasteiger partial charge in [0.25, 0.3) is 5.91 Å². The molecule has 0 aliphatic heterocycles. The van der Waals surface area contributed by atoms with Crippen LogP contribution >= 0.6 is 11.3 Å². The van der Waals surface area contributed by atoms with E-state index < -0.39 is 10.8 Å². The van der Waals surface area contributed by atoms with Crippen LogP contribution in [0.25, 0.3) is 11.4 Å². The van der Waals surface area contributed by atoms with Gasteiger partial charge in [0.1, 0.15) is 0 Å². The second kappa shape index (κ2) is 6.89. The highest BCUT2D eigenvalue weighted by atomic mass is 32.2. The highest BCUT2D eigenvalue weighted by Gasteiger charge is 2.11. The molecule has 118 valence electrons. The lowest BCUT2D eigenvalue weighted by molar-refractivity contribution is 0.102. The van der Waals surface area contributed by atoms with E-state index in [0.29, 0.717) is 16.4 Å². The summed E-state index contributed by atoms with van der Waals surface area (Å²) in [5, 5.41) is 5.23. The van der Waals surface area contributed by atoms with Gasteiger partial charge in [0, 0.05) is 39.9 Å². The molecular formula is C16H15N3O2S2. The molecule has 0 aliphatic carbocycles. The number of aromatic amines is 1. The van der Waals surface area contributed by atoms with Gasteiger partial charge in [-0.15, -0.1) is 11.3 Å². The monoisotopic (exact) mass is 345 g/mol. The standard InChI is InChI=1S/C16H15N3O2S2/c1-23(21)10-11-4-2-5-12(8-11)15(20)19-16-18-14(9-22-16)13-6-3-7-17-13/h2-9,17H,10H2,1H3,(H,18,19,20)/t23-/m0/s1. The Balaban J connectivity index is 1.73. The largest absolute Gasteiger partial charge is 0.360 e. The minimum Gasteiger partial charge on any atom is -0.360 e. The Bertz CT molecular complexity index is 841. The Morgan fingerprint density at radius 1 is 1.35 bits per heavy atom. The number of aromatic nitrogens is 2. The van der Waals surface area contributed by atoms with Crippen molar-refractivity contribution in [3.05, 3.63) is 59.1 Å². The molecule has 3 rings (SSSR count). The van der Waals surface area contributed by atoms with E-state index in [4.69, 9.17) is 0 Å². The van der Waals surface area contributed by atoms with Crippen LogP contribution in [-0.4, -0.2) is 26.3 Å². The van der Waals surface area contributed by atoms with Crippen LogP contribution in [0.3, 0.4) is 0 Å². The van der Waals surface area contributed by atoms with E-state index in [-0.39, 0.29) is 5.91 Å². The zero-order valence-corrected chi connectivity index (χ0v) is 14.0. The van der Waals surface area contributed by atoms with Crippen molar-refractivity contribution in [3.8, 4) is 11.4 Å². The first-order chi connectivity index (χ1) is 11.1. The summed E-state index contributed by atoms with van der Waals surface area (Å²) in [5.74, 6) is 0.219. The van der Waals surface area contributed by atoms with Crippen LogP contribution < -0.4 is 5.32 Å². The van der Waals surface area contributed by atoms with Gasteiger partial charge in [-0.2, -0.15) is 0 Å². The molecule has 3 aromatic rings. The lowest BCUT2D eigenvalue weighted by Gasteiger charge is -2.04. The maximum absolute atomic E-state index is 12.3. The van der Waals surface area contributed by atoms with Crippen molar-refractivity contribution in [1.82, 2.24) is 9.97 Å². The van der Waals surface area contributed by atoms with Crippen LogP contribution in [0.4, 0.5) is 5.13 Å². The van der Waals surface area contributed by atoms with E-state index in [1.807, 2.05) is 29.8 Å². The summed E-state index contributed by atoms with van der Waals surface area (Å²) in [5.41, 5.74) is 3.12. The number of benzene rings is 1. The van der Waals surface area contributed by atoms with Gasteiger partial charge in [0.05, 0.1) is 11.4 Å². The number of H-pyrrole nitrogens is 1. The summed E-state index contributed by atoms with van der Waals surface area (Å²) in [6, 6.07) is 11.0. The van der Waals surface area contributed by atoms with Crippen molar-refractivity contribution in [2.24, 2.45) is 0 Å². The molecule has 0 saturated carbocycles. The average Bonchev–Trinajstić information content (AvgIpc) is 3.17. The lowest BCUT2D eigenvalue weighted by atomic mass is 10.1. The molecule has 0 aliphatic rings. The maximum atomic E-state index is 12.3. The second-order valence-corrected chi connectivity index (χ2v) is 7.29. The fourth-order valence-electron chi connectivity index (χ4n) is 2.15. The molecule has 1 atom stereocenters. The fraction of sp³-hybridized carbons (Fsp3) is 0.125. The van der Waals surface area contributed by atoms with Gasteiger partial charge in [-0.25, -0.2) is 4.98 Å². The number of rotatable bonds is 5. The first kappa shape index (κ1) is 15.6. The zero-order valence-electron chi connectivity index (χ0n) is 12.4. The van der Waals surface area contributed by atoms with E-state index in [0.717, 1.165) is 17.0 Å². The van der Waals surface area contributed by atoms with E-state index in [1.54, 1.807) is 24.5 Å². The minimum atomic E-state index is -0.935. The second-order valence-electron chi connectivity index (χ2n) is 4.99. The van der Waals surface area contributed by atoms with E-state index >= 15 is 0 Å². The number of amides is 1. The lowest BCUT2D eigenvalue weighted by Crippen LogP contribution is -2.12. The van der Waals surface area contributed by atoms with Gasteiger partial charge >= 0.3 is 0 Å². The fourth-order valence-corrected chi connectivity index (χ4v) is 3.51. The summed E-state index contributed by atoms with van der Waals surface area (Å²) in [7, 11) is -0.935. The third kappa shape index (κ3) is 3.94. The maximum Gasteiger partial charge on any atom is 0.257 e. The molecule has 1 aromatic carbocycles. The van der Waals surface area contributed by atoms with Gasteiger partial charge in [-0.3, -0.25) is 14.3 Å². The van der Waals surface area contributed by atoms with Gasteiger partial charge in [-0.1, -0.05) is 12.1 Å². The number of nitrogens with zero attached hydrogens (tertiary/aromatic N) is 1. The summed E-state index contributed by atoms with van der Waals surface area (Å²) < 4.78 is 11.3. The molecule has 0 bridgehead atoms. The first-order valence-corrected chi connectivity index (χ1v) is 9.52. The predicted molar refractivity (Wildman–Crippen MR) is 94.1 cm³/mol. The van der Waals surface area contributed by atoms with Crippen molar-refractivity contribution < 1.29 is 9.00 Å². The Morgan fingerprint density at radius 3 is 2.96 bits per heavy atom. The van der Waals surface area contributed by atoms with Gasteiger partial charge in [0.2, 0.25) is 0 Å². The minimum absolute atomic E-state index is 0.221. The SMILES string of the molecule is C[S@](=O)Cc1cccc(C(=O)Nc2nc(-c3ccc[nH]3)cs2)c1.